The number of hydrogen-bond acceptors (Lipinski definition) is 3. The van der Waals surface area contributed by atoms with Gasteiger partial charge in [-0.25, -0.2) is 0 Å². The molecular formula is C10H18O3. The fourth-order valence-electron chi connectivity index (χ4n) is 2.51. The number of rotatable bonds is 1. The summed E-state index contributed by atoms with van der Waals surface area (Å²) in [6.07, 6.45) is 4.14. The molecule has 1 saturated carbocycles. The van der Waals surface area contributed by atoms with Crippen LogP contribution in [0.15, 0.2) is 0 Å². The van der Waals surface area contributed by atoms with Crippen molar-refractivity contribution in [1.82, 2.24) is 0 Å². The molecule has 1 atom stereocenters. The minimum Gasteiger partial charge on any atom is -0.396 e. The quantitative estimate of drug-likeness (QED) is 0.676. The Labute approximate surface area is 79.0 Å². The predicted molar refractivity (Wildman–Crippen MR) is 48.0 cm³/mol. The minimum atomic E-state index is -0.473. The second-order valence-electron chi connectivity index (χ2n) is 4.48. The zero-order chi connectivity index (χ0) is 9.53. The summed E-state index contributed by atoms with van der Waals surface area (Å²) < 4.78 is 11.4. The predicted octanol–water partition coefficient (Wildman–Crippen LogP) is 1.65. The average molecular weight is 186 g/mol. The number of aliphatic hydroxyl groups is 1. The third-order valence-corrected chi connectivity index (χ3v) is 3.47. The molecule has 0 aromatic rings. The molecule has 1 unspecified atom stereocenters. The molecule has 1 aliphatic carbocycles. The van der Waals surface area contributed by atoms with Crippen LogP contribution in [0.4, 0.5) is 0 Å². The van der Waals surface area contributed by atoms with Crippen LogP contribution in [0.5, 0.6) is 0 Å². The zero-order valence-corrected chi connectivity index (χ0v) is 8.38. The Bertz CT molecular complexity index is 193. The summed E-state index contributed by atoms with van der Waals surface area (Å²) in [4.78, 5) is 0. The lowest BCUT2D eigenvalue weighted by molar-refractivity contribution is -0.489. The van der Waals surface area contributed by atoms with E-state index in [-0.39, 0.29) is 18.3 Å². The van der Waals surface area contributed by atoms with Crippen molar-refractivity contribution in [3.05, 3.63) is 0 Å². The summed E-state index contributed by atoms with van der Waals surface area (Å²) in [6, 6.07) is 0. The molecule has 1 saturated heterocycles. The van der Waals surface area contributed by atoms with E-state index < -0.39 is 5.79 Å². The first-order valence-electron chi connectivity index (χ1n) is 5.08. The summed E-state index contributed by atoms with van der Waals surface area (Å²) in [7, 11) is 0. The Morgan fingerprint density at radius 1 is 1.31 bits per heavy atom. The largest absolute Gasteiger partial charge is 0.396 e. The van der Waals surface area contributed by atoms with Crippen LogP contribution in [0.2, 0.25) is 0 Å². The van der Waals surface area contributed by atoms with E-state index in [0.717, 1.165) is 19.3 Å². The average Bonchev–Trinajstić information content (AvgIpc) is 2.07. The standard InChI is InChI=1S/C10H18O3/c1-8-12-10(13-8)6-4-3-5-9(10,2)7-11/h8,11H,3-7H2,1-2H3. The van der Waals surface area contributed by atoms with Crippen LogP contribution in [0, 0.1) is 5.41 Å². The van der Waals surface area contributed by atoms with Gasteiger partial charge in [0.2, 0.25) is 0 Å². The second-order valence-corrected chi connectivity index (χ2v) is 4.48. The summed E-state index contributed by atoms with van der Waals surface area (Å²) in [6.45, 7) is 4.11. The van der Waals surface area contributed by atoms with Gasteiger partial charge in [-0.15, -0.1) is 0 Å². The highest BCUT2D eigenvalue weighted by molar-refractivity contribution is 4.97. The van der Waals surface area contributed by atoms with Crippen LogP contribution in [0.1, 0.15) is 39.5 Å². The van der Waals surface area contributed by atoms with Gasteiger partial charge >= 0.3 is 0 Å². The maximum absolute atomic E-state index is 9.38. The molecule has 1 heterocycles. The normalized spacial score (nSPS) is 50.5. The lowest BCUT2D eigenvalue weighted by Gasteiger charge is -2.57. The first-order chi connectivity index (χ1) is 6.12. The van der Waals surface area contributed by atoms with Gasteiger partial charge in [0.05, 0.1) is 6.61 Å². The number of aliphatic hydroxyl groups excluding tert-OH is 1. The van der Waals surface area contributed by atoms with Gasteiger partial charge in [-0.05, 0) is 19.8 Å². The van der Waals surface area contributed by atoms with Gasteiger partial charge in [0, 0.05) is 11.8 Å². The second kappa shape index (κ2) is 2.94. The molecule has 2 aliphatic rings. The van der Waals surface area contributed by atoms with Crippen LogP contribution in [-0.4, -0.2) is 23.8 Å². The molecule has 76 valence electrons. The van der Waals surface area contributed by atoms with Crippen LogP contribution >= 0.6 is 0 Å². The first kappa shape index (κ1) is 9.44. The monoisotopic (exact) mass is 186 g/mol. The lowest BCUT2D eigenvalue weighted by atomic mass is 9.70. The van der Waals surface area contributed by atoms with Crippen molar-refractivity contribution in [1.29, 1.82) is 0 Å². The SMILES string of the molecule is CC1OC2(CCCCC2(C)CO)O1. The van der Waals surface area contributed by atoms with Gasteiger partial charge in [0.25, 0.3) is 0 Å². The van der Waals surface area contributed by atoms with Gasteiger partial charge < -0.3 is 14.6 Å². The van der Waals surface area contributed by atoms with Crippen molar-refractivity contribution in [2.45, 2.75) is 51.6 Å². The minimum absolute atomic E-state index is 0.0935. The highest BCUT2D eigenvalue weighted by atomic mass is 16.9. The maximum atomic E-state index is 9.38. The summed E-state index contributed by atoms with van der Waals surface area (Å²) in [5.41, 5.74) is -0.197. The highest BCUT2D eigenvalue weighted by Crippen LogP contribution is 2.52. The van der Waals surface area contributed by atoms with Crippen molar-refractivity contribution in [2.75, 3.05) is 6.61 Å². The van der Waals surface area contributed by atoms with Crippen molar-refractivity contribution in [3.63, 3.8) is 0 Å². The van der Waals surface area contributed by atoms with Gasteiger partial charge in [-0.3, -0.25) is 0 Å². The van der Waals surface area contributed by atoms with Crippen LogP contribution < -0.4 is 0 Å². The third-order valence-electron chi connectivity index (χ3n) is 3.47. The van der Waals surface area contributed by atoms with Crippen molar-refractivity contribution >= 4 is 0 Å². The topological polar surface area (TPSA) is 38.7 Å². The van der Waals surface area contributed by atoms with Gasteiger partial charge in [0.1, 0.15) is 0 Å². The Balaban J connectivity index is 2.14. The molecule has 1 aliphatic heterocycles. The molecule has 2 rings (SSSR count). The van der Waals surface area contributed by atoms with E-state index in [9.17, 15) is 5.11 Å². The van der Waals surface area contributed by atoms with Crippen LogP contribution in [0.3, 0.4) is 0 Å². The zero-order valence-electron chi connectivity index (χ0n) is 8.38. The molecule has 3 nitrogen and oxygen atoms in total. The first-order valence-corrected chi connectivity index (χ1v) is 5.08. The third kappa shape index (κ3) is 1.22. The molecule has 1 N–H and O–H groups in total. The molecule has 13 heavy (non-hydrogen) atoms. The molecule has 3 heteroatoms. The lowest BCUT2D eigenvalue weighted by Crippen LogP contribution is -2.64. The van der Waals surface area contributed by atoms with E-state index in [1.165, 1.54) is 6.42 Å². The Kier molecular flexibility index (Phi) is 2.13. The molecule has 0 aromatic heterocycles. The van der Waals surface area contributed by atoms with Crippen molar-refractivity contribution in [3.8, 4) is 0 Å². The van der Waals surface area contributed by atoms with E-state index in [1.807, 2.05) is 6.92 Å². The summed E-state index contributed by atoms with van der Waals surface area (Å²) in [5, 5.41) is 9.38. The van der Waals surface area contributed by atoms with Crippen molar-refractivity contribution < 1.29 is 14.6 Å². The fourth-order valence-corrected chi connectivity index (χ4v) is 2.51. The smallest absolute Gasteiger partial charge is 0.182 e. The van der Waals surface area contributed by atoms with E-state index in [2.05, 4.69) is 6.92 Å². The summed E-state index contributed by atoms with van der Waals surface area (Å²) >= 11 is 0. The van der Waals surface area contributed by atoms with E-state index in [4.69, 9.17) is 9.47 Å². The van der Waals surface area contributed by atoms with Crippen molar-refractivity contribution in [2.24, 2.45) is 5.41 Å². The van der Waals surface area contributed by atoms with Gasteiger partial charge in [-0.2, -0.15) is 0 Å². The molecule has 0 radical (unpaired) electrons. The van der Waals surface area contributed by atoms with Gasteiger partial charge in [0.15, 0.2) is 12.1 Å². The van der Waals surface area contributed by atoms with Crippen LogP contribution in [-0.2, 0) is 9.47 Å². The van der Waals surface area contributed by atoms with E-state index in [1.54, 1.807) is 0 Å². The molecule has 1 spiro atoms. The highest BCUT2D eigenvalue weighted by Gasteiger charge is 2.58. The molecular weight excluding hydrogens is 168 g/mol. The van der Waals surface area contributed by atoms with E-state index >= 15 is 0 Å². The summed E-state index contributed by atoms with van der Waals surface area (Å²) in [5.74, 6) is -0.473. The molecule has 0 aromatic carbocycles. The molecule has 0 bridgehead atoms. The maximum Gasteiger partial charge on any atom is 0.182 e. The number of hydrogen-bond donors (Lipinski definition) is 1. The molecule has 2 fully saturated rings. The van der Waals surface area contributed by atoms with Gasteiger partial charge in [-0.1, -0.05) is 13.3 Å². The van der Waals surface area contributed by atoms with Crippen LogP contribution in [0.25, 0.3) is 0 Å². The molecule has 0 amide bonds. The Hall–Kier alpha value is -0.120. The number of ether oxygens (including phenoxy) is 2. The van der Waals surface area contributed by atoms with E-state index in [0.29, 0.717) is 0 Å². The fraction of sp³-hybridized carbons (Fsp3) is 1.00. The Morgan fingerprint density at radius 2 is 1.92 bits per heavy atom. The Morgan fingerprint density at radius 3 is 2.46 bits per heavy atom.